The predicted octanol–water partition coefficient (Wildman–Crippen LogP) is 1.63. The van der Waals surface area contributed by atoms with Gasteiger partial charge in [0.15, 0.2) is 0 Å². The standard InChI is InChI=1S/C16H21FN2O3/c1-22-16(21)15(12-4-2-3-5-13(12)17)19-8-6-11(7-9-19)10-14(18)20/h2-5,11,15H,6-10H2,1H3,(H2,18,20)/t15-/m0/s1. The molecule has 1 aliphatic rings. The fourth-order valence-electron chi connectivity index (χ4n) is 2.98. The number of likely N-dealkylation sites (tertiary alicyclic amines) is 1. The molecular weight excluding hydrogens is 287 g/mol. The Balaban J connectivity index is 2.13. The lowest BCUT2D eigenvalue weighted by atomic mass is 9.91. The molecule has 0 aliphatic carbocycles. The van der Waals surface area contributed by atoms with Crippen LogP contribution in [0.15, 0.2) is 24.3 Å². The lowest BCUT2D eigenvalue weighted by Gasteiger charge is -2.36. The van der Waals surface area contributed by atoms with Crippen LogP contribution in [0.2, 0.25) is 0 Å². The molecule has 0 saturated carbocycles. The summed E-state index contributed by atoms with van der Waals surface area (Å²) in [5, 5.41) is 0. The highest BCUT2D eigenvalue weighted by Crippen LogP contribution is 2.30. The Morgan fingerprint density at radius 2 is 2.00 bits per heavy atom. The average molecular weight is 308 g/mol. The molecule has 1 saturated heterocycles. The molecule has 0 unspecified atom stereocenters. The Morgan fingerprint density at radius 3 is 2.55 bits per heavy atom. The van der Waals surface area contributed by atoms with E-state index in [0.717, 1.165) is 12.8 Å². The van der Waals surface area contributed by atoms with Crippen LogP contribution < -0.4 is 5.73 Å². The van der Waals surface area contributed by atoms with Crippen molar-refractivity contribution in [3.05, 3.63) is 35.6 Å². The molecule has 0 aromatic heterocycles. The molecule has 1 atom stereocenters. The summed E-state index contributed by atoms with van der Waals surface area (Å²) in [6.07, 6.45) is 1.87. The topological polar surface area (TPSA) is 72.6 Å². The van der Waals surface area contributed by atoms with Gasteiger partial charge in [0.05, 0.1) is 7.11 Å². The number of nitrogens with two attached hydrogens (primary N) is 1. The molecule has 1 aliphatic heterocycles. The van der Waals surface area contributed by atoms with Gasteiger partial charge in [0.1, 0.15) is 11.9 Å². The van der Waals surface area contributed by atoms with Gasteiger partial charge in [-0.05, 0) is 37.9 Å². The maximum atomic E-state index is 14.0. The number of piperidine rings is 1. The first-order valence-corrected chi connectivity index (χ1v) is 7.37. The molecular formula is C16H21FN2O3. The van der Waals surface area contributed by atoms with Gasteiger partial charge in [-0.15, -0.1) is 0 Å². The minimum Gasteiger partial charge on any atom is -0.468 e. The number of rotatable bonds is 5. The predicted molar refractivity (Wildman–Crippen MR) is 79.3 cm³/mol. The Bertz CT molecular complexity index is 542. The Labute approximate surface area is 129 Å². The first-order chi connectivity index (χ1) is 10.5. The van der Waals surface area contributed by atoms with Crippen LogP contribution in [0.3, 0.4) is 0 Å². The van der Waals surface area contributed by atoms with Crippen LogP contribution >= 0.6 is 0 Å². The SMILES string of the molecule is COC(=O)[C@H](c1ccccc1F)N1CCC(CC(N)=O)CC1. The second-order valence-electron chi connectivity index (χ2n) is 5.60. The zero-order chi connectivity index (χ0) is 16.1. The van der Waals surface area contributed by atoms with E-state index in [1.165, 1.54) is 13.2 Å². The van der Waals surface area contributed by atoms with Crippen LogP contribution in [-0.4, -0.2) is 37.0 Å². The highest BCUT2D eigenvalue weighted by Gasteiger charge is 2.33. The zero-order valence-corrected chi connectivity index (χ0v) is 12.6. The van der Waals surface area contributed by atoms with Gasteiger partial charge >= 0.3 is 5.97 Å². The number of amides is 1. The normalized spacial score (nSPS) is 17.9. The van der Waals surface area contributed by atoms with Gasteiger partial charge in [0.2, 0.25) is 5.91 Å². The summed E-state index contributed by atoms with van der Waals surface area (Å²) in [6.45, 7) is 1.21. The van der Waals surface area contributed by atoms with E-state index in [1.54, 1.807) is 18.2 Å². The quantitative estimate of drug-likeness (QED) is 0.839. The number of halogens is 1. The zero-order valence-electron chi connectivity index (χ0n) is 12.6. The number of carbonyl (C=O) groups excluding carboxylic acids is 2. The maximum Gasteiger partial charge on any atom is 0.327 e. The minimum absolute atomic E-state index is 0.229. The van der Waals surface area contributed by atoms with Crippen LogP contribution in [-0.2, 0) is 14.3 Å². The molecule has 1 aromatic rings. The first-order valence-electron chi connectivity index (χ1n) is 7.37. The van der Waals surface area contributed by atoms with Gasteiger partial charge < -0.3 is 10.5 Å². The molecule has 1 fully saturated rings. The van der Waals surface area contributed by atoms with Gasteiger partial charge in [-0.2, -0.15) is 0 Å². The fourth-order valence-corrected chi connectivity index (χ4v) is 2.98. The van der Waals surface area contributed by atoms with Gasteiger partial charge in [-0.1, -0.05) is 18.2 Å². The monoisotopic (exact) mass is 308 g/mol. The molecule has 1 aromatic carbocycles. The van der Waals surface area contributed by atoms with Gasteiger partial charge in [-0.25, -0.2) is 9.18 Å². The van der Waals surface area contributed by atoms with E-state index >= 15 is 0 Å². The average Bonchev–Trinajstić information content (AvgIpc) is 2.50. The van der Waals surface area contributed by atoms with E-state index in [0.29, 0.717) is 25.1 Å². The number of hydrogen-bond acceptors (Lipinski definition) is 4. The third kappa shape index (κ3) is 3.82. The Hall–Kier alpha value is -1.95. The maximum absolute atomic E-state index is 14.0. The second-order valence-corrected chi connectivity index (χ2v) is 5.60. The second kappa shape index (κ2) is 7.35. The van der Waals surface area contributed by atoms with Crippen LogP contribution in [0, 0.1) is 11.7 Å². The summed E-state index contributed by atoms with van der Waals surface area (Å²) < 4.78 is 18.9. The van der Waals surface area contributed by atoms with Crippen molar-refractivity contribution in [3.63, 3.8) is 0 Å². The summed E-state index contributed by atoms with van der Waals surface area (Å²) in [5.74, 6) is -0.972. The lowest BCUT2D eigenvalue weighted by molar-refractivity contribution is -0.148. The van der Waals surface area contributed by atoms with Crippen molar-refractivity contribution in [1.82, 2.24) is 4.90 Å². The first kappa shape index (κ1) is 16.4. The van der Waals surface area contributed by atoms with Crippen LogP contribution in [0.1, 0.15) is 30.9 Å². The number of nitrogens with zero attached hydrogens (tertiary/aromatic N) is 1. The lowest BCUT2D eigenvalue weighted by Crippen LogP contribution is -2.41. The van der Waals surface area contributed by atoms with Crippen LogP contribution in [0.25, 0.3) is 0 Å². The van der Waals surface area contributed by atoms with E-state index in [-0.39, 0.29) is 11.8 Å². The van der Waals surface area contributed by atoms with E-state index in [4.69, 9.17) is 10.5 Å². The largest absolute Gasteiger partial charge is 0.468 e. The molecule has 5 nitrogen and oxygen atoms in total. The van der Waals surface area contributed by atoms with Crippen molar-refractivity contribution < 1.29 is 18.7 Å². The van der Waals surface area contributed by atoms with E-state index in [9.17, 15) is 14.0 Å². The molecule has 0 spiro atoms. The van der Waals surface area contributed by atoms with Gasteiger partial charge in [0, 0.05) is 12.0 Å². The third-order valence-electron chi connectivity index (χ3n) is 4.13. The third-order valence-corrected chi connectivity index (χ3v) is 4.13. The summed E-state index contributed by atoms with van der Waals surface area (Å²) in [5.41, 5.74) is 5.54. The number of methoxy groups -OCH3 is 1. The number of ether oxygens (including phenoxy) is 1. The smallest absolute Gasteiger partial charge is 0.327 e. The number of esters is 1. The molecule has 2 rings (SSSR count). The van der Waals surface area contributed by atoms with Gasteiger partial charge in [-0.3, -0.25) is 9.69 Å². The highest BCUT2D eigenvalue weighted by molar-refractivity contribution is 5.77. The minimum atomic E-state index is -0.749. The summed E-state index contributed by atoms with van der Waals surface area (Å²) in [4.78, 5) is 25.0. The van der Waals surface area contributed by atoms with Crippen molar-refractivity contribution in [2.75, 3.05) is 20.2 Å². The fraction of sp³-hybridized carbons (Fsp3) is 0.500. The van der Waals surface area contributed by atoms with Crippen molar-refractivity contribution in [1.29, 1.82) is 0 Å². The molecule has 1 amide bonds. The van der Waals surface area contributed by atoms with E-state index in [2.05, 4.69) is 0 Å². The number of carbonyl (C=O) groups is 2. The number of benzene rings is 1. The van der Waals surface area contributed by atoms with Crippen molar-refractivity contribution in [2.24, 2.45) is 11.7 Å². The number of primary amides is 1. The molecule has 120 valence electrons. The summed E-state index contributed by atoms with van der Waals surface area (Å²) in [7, 11) is 1.30. The number of hydrogen-bond donors (Lipinski definition) is 1. The van der Waals surface area contributed by atoms with Gasteiger partial charge in [0.25, 0.3) is 0 Å². The Morgan fingerprint density at radius 1 is 1.36 bits per heavy atom. The van der Waals surface area contributed by atoms with Crippen molar-refractivity contribution >= 4 is 11.9 Å². The molecule has 0 radical (unpaired) electrons. The molecule has 22 heavy (non-hydrogen) atoms. The Kier molecular flexibility index (Phi) is 5.49. The molecule has 0 bridgehead atoms. The molecule has 2 N–H and O–H groups in total. The molecule has 1 heterocycles. The van der Waals surface area contributed by atoms with Crippen LogP contribution in [0.4, 0.5) is 4.39 Å². The van der Waals surface area contributed by atoms with Crippen molar-refractivity contribution in [2.45, 2.75) is 25.3 Å². The van der Waals surface area contributed by atoms with Crippen LogP contribution in [0.5, 0.6) is 0 Å². The summed E-state index contributed by atoms with van der Waals surface area (Å²) >= 11 is 0. The highest BCUT2D eigenvalue weighted by atomic mass is 19.1. The summed E-state index contributed by atoms with van der Waals surface area (Å²) in [6, 6.07) is 5.48. The van der Waals surface area contributed by atoms with Crippen molar-refractivity contribution in [3.8, 4) is 0 Å². The van der Waals surface area contributed by atoms with E-state index in [1.807, 2.05) is 4.90 Å². The molecule has 6 heteroatoms. The van der Waals surface area contributed by atoms with E-state index < -0.39 is 17.8 Å².